The molecule has 0 aliphatic rings. The Kier molecular flexibility index (Phi) is 3.11. The lowest BCUT2D eigenvalue weighted by molar-refractivity contribution is -0.385. The first-order valence-corrected chi connectivity index (χ1v) is 4.26. The summed E-state index contributed by atoms with van der Waals surface area (Å²) in [4.78, 5) is 10.0. The number of rotatable bonds is 3. The highest BCUT2D eigenvalue weighted by molar-refractivity contribution is 5.54. The Bertz CT molecular complexity index is 390. The Hall–Kier alpha value is -1.82. The predicted molar refractivity (Wildman–Crippen MR) is 52.4 cm³/mol. The maximum absolute atomic E-state index is 11.3. The molecule has 1 radical (unpaired) electrons. The van der Waals surface area contributed by atoms with E-state index in [0.29, 0.717) is 0 Å². The highest BCUT2D eigenvalue weighted by Crippen LogP contribution is 2.36. The molecule has 0 amide bonds. The Balaban J connectivity index is 3.38. The molecule has 0 aromatic heterocycles. The van der Waals surface area contributed by atoms with Gasteiger partial charge in [0.2, 0.25) is 5.75 Å². The minimum absolute atomic E-state index is 0.0629. The number of benzene rings is 1. The van der Waals surface area contributed by atoms with Crippen molar-refractivity contribution in [3.05, 3.63) is 27.8 Å². The van der Waals surface area contributed by atoms with Crippen molar-refractivity contribution in [2.24, 2.45) is 5.73 Å². The standard InChI is InChI=1S/C9H11N2O4/c1-5(10)6-3-9(15-2)8(12)4-7(6)11(13)14/h3-5H,10H2,1-2H3. The number of nitrogens with two attached hydrogens (primary N) is 1. The fourth-order valence-electron chi connectivity index (χ4n) is 1.25. The number of hydrogen-bond acceptors (Lipinski definition) is 4. The summed E-state index contributed by atoms with van der Waals surface area (Å²) in [5.41, 5.74) is 5.58. The van der Waals surface area contributed by atoms with Gasteiger partial charge in [-0.25, -0.2) is 0 Å². The lowest BCUT2D eigenvalue weighted by Crippen LogP contribution is -2.08. The van der Waals surface area contributed by atoms with Gasteiger partial charge < -0.3 is 10.5 Å². The molecule has 0 aliphatic carbocycles. The summed E-state index contributed by atoms with van der Waals surface area (Å²) < 4.78 is 4.78. The van der Waals surface area contributed by atoms with Crippen molar-refractivity contribution in [2.45, 2.75) is 13.0 Å². The quantitative estimate of drug-likeness (QED) is 0.608. The number of nitro benzene ring substituents is 1. The number of nitrogens with zero attached hydrogens (tertiary/aromatic N) is 1. The number of nitro groups is 1. The molecule has 1 rings (SSSR count). The molecular weight excluding hydrogens is 200 g/mol. The molecule has 0 aliphatic heterocycles. The second-order valence-electron chi connectivity index (χ2n) is 3.11. The van der Waals surface area contributed by atoms with Crippen LogP contribution in [0.1, 0.15) is 18.5 Å². The molecule has 1 unspecified atom stereocenters. The third-order valence-electron chi connectivity index (χ3n) is 2.00. The number of ether oxygens (including phenoxy) is 1. The minimum atomic E-state index is -0.625. The SMILES string of the molecule is COc1cc(C(C)N)c([N+](=O)[O-])cc1[O]. The van der Waals surface area contributed by atoms with Gasteiger partial charge in [0.25, 0.3) is 5.69 Å². The van der Waals surface area contributed by atoms with Crippen LogP contribution in [0.3, 0.4) is 0 Å². The summed E-state index contributed by atoms with van der Waals surface area (Å²) in [7, 11) is 1.33. The van der Waals surface area contributed by atoms with E-state index in [1.54, 1.807) is 6.92 Å². The van der Waals surface area contributed by atoms with Crippen LogP contribution >= 0.6 is 0 Å². The lowest BCUT2D eigenvalue weighted by Gasteiger charge is -2.09. The van der Waals surface area contributed by atoms with Gasteiger partial charge in [0, 0.05) is 6.04 Å². The number of hydrogen-bond donors (Lipinski definition) is 1. The fourth-order valence-corrected chi connectivity index (χ4v) is 1.25. The van der Waals surface area contributed by atoms with Gasteiger partial charge in [-0.2, -0.15) is 0 Å². The van der Waals surface area contributed by atoms with Gasteiger partial charge in [0.1, 0.15) is 0 Å². The molecule has 1 aromatic rings. The molecule has 0 saturated heterocycles. The maximum atomic E-state index is 11.3. The maximum Gasteiger partial charge on any atom is 0.278 e. The summed E-state index contributed by atoms with van der Waals surface area (Å²) in [6.07, 6.45) is 0. The van der Waals surface area contributed by atoms with Crippen molar-refractivity contribution in [2.75, 3.05) is 7.11 Å². The fraction of sp³-hybridized carbons (Fsp3) is 0.333. The lowest BCUT2D eigenvalue weighted by atomic mass is 10.1. The first-order valence-electron chi connectivity index (χ1n) is 4.26. The average Bonchev–Trinajstić information content (AvgIpc) is 2.16. The molecule has 1 aromatic carbocycles. The van der Waals surface area contributed by atoms with Crippen LogP contribution in [0.25, 0.3) is 0 Å². The summed E-state index contributed by atoms with van der Waals surface area (Å²) in [6.45, 7) is 1.60. The predicted octanol–water partition coefficient (Wildman–Crippen LogP) is 1.77. The summed E-state index contributed by atoms with van der Waals surface area (Å²) >= 11 is 0. The largest absolute Gasteiger partial charge is 0.493 e. The summed E-state index contributed by atoms with van der Waals surface area (Å²) in [6, 6.07) is 1.71. The topological polar surface area (TPSA) is 98.3 Å². The van der Waals surface area contributed by atoms with Gasteiger partial charge in [-0.15, -0.1) is 0 Å². The Morgan fingerprint density at radius 1 is 1.53 bits per heavy atom. The normalized spacial score (nSPS) is 12.2. The number of methoxy groups -OCH3 is 1. The van der Waals surface area contributed by atoms with Crippen LogP contribution in [0.4, 0.5) is 5.69 Å². The van der Waals surface area contributed by atoms with E-state index in [9.17, 15) is 15.2 Å². The highest BCUT2D eigenvalue weighted by atomic mass is 16.6. The molecular formula is C9H11N2O4. The van der Waals surface area contributed by atoms with Gasteiger partial charge in [-0.1, -0.05) is 0 Å². The zero-order chi connectivity index (χ0) is 11.6. The van der Waals surface area contributed by atoms with Crippen LogP contribution in [-0.4, -0.2) is 12.0 Å². The molecule has 0 heterocycles. The van der Waals surface area contributed by atoms with Gasteiger partial charge >= 0.3 is 0 Å². The van der Waals surface area contributed by atoms with Crippen molar-refractivity contribution < 1.29 is 14.8 Å². The van der Waals surface area contributed by atoms with Crippen LogP contribution in [0.2, 0.25) is 0 Å². The van der Waals surface area contributed by atoms with Crippen molar-refractivity contribution in [3.63, 3.8) is 0 Å². The van der Waals surface area contributed by atoms with Gasteiger partial charge in [-0.05, 0) is 13.0 Å². The second-order valence-corrected chi connectivity index (χ2v) is 3.11. The molecule has 15 heavy (non-hydrogen) atoms. The third-order valence-corrected chi connectivity index (χ3v) is 2.00. The zero-order valence-electron chi connectivity index (χ0n) is 8.39. The molecule has 6 nitrogen and oxygen atoms in total. The van der Waals surface area contributed by atoms with Crippen LogP contribution in [-0.2, 0) is 5.11 Å². The Labute approximate surface area is 86.4 Å². The monoisotopic (exact) mass is 211 g/mol. The van der Waals surface area contributed by atoms with E-state index in [1.165, 1.54) is 13.2 Å². The molecule has 0 saturated carbocycles. The van der Waals surface area contributed by atoms with Crippen molar-refractivity contribution in [3.8, 4) is 11.5 Å². The van der Waals surface area contributed by atoms with Crippen LogP contribution in [0.15, 0.2) is 12.1 Å². The zero-order valence-corrected chi connectivity index (χ0v) is 8.39. The smallest absolute Gasteiger partial charge is 0.278 e. The van der Waals surface area contributed by atoms with Gasteiger partial charge in [0.15, 0.2) is 5.75 Å². The van der Waals surface area contributed by atoms with Crippen molar-refractivity contribution in [1.82, 2.24) is 0 Å². The van der Waals surface area contributed by atoms with E-state index in [4.69, 9.17) is 10.5 Å². The Morgan fingerprint density at radius 3 is 2.53 bits per heavy atom. The van der Waals surface area contributed by atoms with E-state index < -0.39 is 16.7 Å². The van der Waals surface area contributed by atoms with E-state index in [1.807, 2.05) is 0 Å². The Morgan fingerprint density at radius 2 is 2.13 bits per heavy atom. The molecule has 1 atom stereocenters. The van der Waals surface area contributed by atoms with Crippen molar-refractivity contribution in [1.29, 1.82) is 0 Å². The van der Waals surface area contributed by atoms with E-state index in [0.717, 1.165) is 6.07 Å². The van der Waals surface area contributed by atoms with Crippen LogP contribution in [0, 0.1) is 10.1 Å². The summed E-state index contributed by atoms with van der Waals surface area (Å²) in [5.74, 6) is -0.457. The van der Waals surface area contributed by atoms with Gasteiger partial charge in [0.05, 0.1) is 23.7 Å². The van der Waals surface area contributed by atoms with E-state index in [-0.39, 0.29) is 17.0 Å². The summed E-state index contributed by atoms with van der Waals surface area (Å²) in [5, 5.41) is 21.9. The molecule has 81 valence electrons. The molecule has 2 N–H and O–H groups in total. The second kappa shape index (κ2) is 4.14. The first-order chi connectivity index (χ1) is 6.97. The molecule has 6 heteroatoms. The van der Waals surface area contributed by atoms with E-state index >= 15 is 0 Å². The highest BCUT2D eigenvalue weighted by Gasteiger charge is 2.21. The van der Waals surface area contributed by atoms with Crippen molar-refractivity contribution >= 4 is 5.69 Å². The third kappa shape index (κ3) is 2.16. The molecule has 0 fully saturated rings. The van der Waals surface area contributed by atoms with Crippen LogP contribution in [0.5, 0.6) is 11.5 Å². The van der Waals surface area contributed by atoms with Gasteiger partial charge in [-0.3, -0.25) is 15.2 Å². The average molecular weight is 211 g/mol. The van der Waals surface area contributed by atoms with Crippen LogP contribution < -0.4 is 10.5 Å². The molecule has 0 spiro atoms. The minimum Gasteiger partial charge on any atom is -0.493 e. The first kappa shape index (κ1) is 11.3. The molecule has 0 bridgehead atoms. The van der Waals surface area contributed by atoms with E-state index in [2.05, 4.69) is 0 Å².